The molecule has 0 saturated carbocycles. The van der Waals surface area contributed by atoms with Crippen molar-refractivity contribution in [2.24, 2.45) is 0 Å². The Morgan fingerprint density at radius 3 is 1.93 bits per heavy atom. The van der Waals surface area contributed by atoms with Crippen molar-refractivity contribution in [1.82, 2.24) is 0 Å². The van der Waals surface area contributed by atoms with Gasteiger partial charge in [0.25, 0.3) is 0 Å². The molecule has 0 bridgehead atoms. The van der Waals surface area contributed by atoms with Crippen molar-refractivity contribution in [3.05, 3.63) is 88.5 Å². The molecule has 0 heterocycles. The third-order valence-corrected chi connectivity index (χ3v) is 5.08. The third kappa shape index (κ3) is 2.71. The first-order valence-corrected chi connectivity index (χ1v) is 8.95. The number of allylic oxidation sites excluding steroid dienone is 2. The van der Waals surface area contributed by atoms with E-state index in [0.29, 0.717) is 11.1 Å². The van der Waals surface area contributed by atoms with Crippen molar-refractivity contribution in [2.75, 3.05) is 0 Å². The molecule has 0 aromatic heterocycles. The van der Waals surface area contributed by atoms with Gasteiger partial charge in [-0.25, -0.2) is 0 Å². The maximum Gasteiger partial charge on any atom is 0.196 e. The number of hydrogen-bond donors (Lipinski definition) is 0. The molecule has 0 atom stereocenters. The molecule has 0 unspecified atom stereocenters. The van der Waals surface area contributed by atoms with Gasteiger partial charge in [0, 0.05) is 5.56 Å². The van der Waals surface area contributed by atoms with Crippen LogP contribution in [0.5, 0.6) is 0 Å². The summed E-state index contributed by atoms with van der Waals surface area (Å²) in [5, 5.41) is 18.8. The predicted octanol–water partition coefficient (Wildman–Crippen LogP) is 5.63. The van der Waals surface area contributed by atoms with E-state index in [9.17, 15) is 15.3 Å². The van der Waals surface area contributed by atoms with Crippen molar-refractivity contribution in [2.45, 2.75) is 13.8 Å². The number of Topliss-reactive ketones (excluding diaryl/α,β-unsaturated/α-hetero) is 1. The van der Waals surface area contributed by atoms with Crippen LogP contribution in [0.15, 0.2) is 66.2 Å². The maximum absolute atomic E-state index is 13.1. The molecule has 3 aromatic carbocycles. The number of carbonyl (C=O) groups excluding carboxylic acids is 1. The first-order chi connectivity index (χ1) is 13.5. The molecule has 0 amide bonds. The molecule has 1 aliphatic rings. The minimum Gasteiger partial charge on any atom is -0.288 e. The first kappa shape index (κ1) is 17.5. The van der Waals surface area contributed by atoms with E-state index >= 15 is 0 Å². The number of ketones is 1. The second-order valence-corrected chi connectivity index (χ2v) is 6.98. The number of fused-ring (bicyclic) bond motifs is 3. The van der Waals surface area contributed by atoms with E-state index in [1.54, 1.807) is 6.07 Å². The van der Waals surface area contributed by atoms with Crippen molar-refractivity contribution in [1.29, 1.82) is 10.5 Å². The highest BCUT2D eigenvalue weighted by atomic mass is 16.1. The van der Waals surface area contributed by atoms with E-state index in [4.69, 9.17) is 0 Å². The minimum absolute atomic E-state index is 0.152. The van der Waals surface area contributed by atoms with E-state index in [1.807, 2.05) is 56.3 Å². The minimum atomic E-state index is -0.274. The quantitative estimate of drug-likeness (QED) is 0.417. The Balaban J connectivity index is 2.04. The van der Waals surface area contributed by atoms with Crippen LogP contribution < -0.4 is 0 Å². The van der Waals surface area contributed by atoms with Crippen LogP contribution in [0.3, 0.4) is 0 Å². The van der Waals surface area contributed by atoms with E-state index in [-0.39, 0.29) is 16.9 Å². The summed E-state index contributed by atoms with van der Waals surface area (Å²) in [5.74, 6) is -0.274. The van der Waals surface area contributed by atoms with Gasteiger partial charge in [-0.05, 0) is 47.7 Å². The van der Waals surface area contributed by atoms with Crippen LogP contribution in [0.1, 0.15) is 27.0 Å². The Hall–Kier alpha value is -3.95. The normalized spacial score (nSPS) is 11.9. The van der Waals surface area contributed by atoms with Gasteiger partial charge < -0.3 is 0 Å². The van der Waals surface area contributed by atoms with Gasteiger partial charge in [-0.3, -0.25) is 4.79 Å². The molecule has 28 heavy (non-hydrogen) atoms. The Morgan fingerprint density at radius 1 is 0.679 bits per heavy atom. The Bertz CT molecular complexity index is 1230. The molecule has 1 aliphatic carbocycles. The van der Waals surface area contributed by atoms with Crippen molar-refractivity contribution >= 4 is 11.4 Å². The van der Waals surface area contributed by atoms with Gasteiger partial charge in [0.05, 0.1) is 5.57 Å². The smallest absolute Gasteiger partial charge is 0.196 e. The highest BCUT2D eigenvalue weighted by Gasteiger charge is 2.30. The molecule has 3 heteroatoms. The molecular formula is C25H16N2O. The zero-order chi connectivity index (χ0) is 19.8. The van der Waals surface area contributed by atoms with E-state index < -0.39 is 0 Å². The highest BCUT2D eigenvalue weighted by Crippen LogP contribution is 2.42. The van der Waals surface area contributed by atoms with Gasteiger partial charge in [-0.2, -0.15) is 10.5 Å². The lowest BCUT2D eigenvalue weighted by molar-refractivity contribution is 0.105. The number of carbonyl (C=O) groups is 1. The Kier molecular flexibility index (Phi) is 4.15. The van der Waals surface area contributed by atoms with E-state index in [0.717, 1.165) is 27.8 Å². The van der Waals surface area contributed by atoms with Gasteiger partial charge in [0.15, 0.2) is 5.78 Å². The van der Waals surface area contributed by atoms with Crippen LogP contribution in [0.2, 0.25) is 0 Å². The summed E-state index contributed by atoms with van der Waals surface area (Å²) in [7, 11) is 0. The molecule has 3 aromatic rings. The lowest BCUT2D eigenvalue weighted by Crippen LogP contribution is -2.13. The summed E-state index contributed by atoms with van der Waals surface area (Å²) in [5.41, 5.74) is 7.24. The van der Waals surface area contributed by atoms with E-state index in [1.165, 1.54) is 5.56 Å². The third-order valence-electron chi connectivity index (χ3n) is 5.08. The zero-order valence-electron chi connectivity index (χ0n) is 15.6. The maximum atomic E-state index is 13.1. The number of rotatable bonds is 1. The second-order valence-electron chi connectivity index (χ2n) is 6.98. The average Bonchev–Trinajstić information content (AvgIpc) is 2.71. The number of nitriles is 2. The largest absolute Gasteiger partial charge is 0.288 e. The Morgan fingerprint density at radius 2 is 1.25 bits per heavy atom. The topological polar surface area (TPSA) is 64.7 Å². The van der Waals surface area contributed by atoms with Crippen LogP contribution in [0.25, 0.3) is 27.8 Å². The number of benzene rings is 3. The fraction of sp³-hybridized carbons (Fsp3) is 0.0800. The van der Waals surface area contributed by atoms with Crippen molar-refractivity contribution in [3.8, 4) is 34.4 Å². The summed E-state index contributed by atoms with van der Waals surface area (Å²) in [6, 6.07) is 23.5. The summed E-state index contributed by atoms with van der Waals surface area (Å²) < 4.78 is 0. The summed E-state index contributed by atoms with van der Waals surface area (Å²) >= 11 is 0. The van der Waals surface area contributed by atoms with E-state index in [2.05, 4.69) is 24.3 Å². The molecule has 0 aliphatic heterocycles. The van der Waals surface area contributed by atoms with Gasteiger partial charge in [-0.1, -0.05) is 65.7 Å². The average molecular weight is 360 g/mol. The fourth-order valence-corrected chi connectivity index (χ4v) is 3.63. The predicted molar refractivity (Wildman–Crippen MR) is 109 cm³/mol. The first-order valence-electron chi connectivity index (χ1n) is 8.95. The molecule has 132 valence electrons. The van der Waals surface area contributed by atoms with Gasteiger partial charge in [0.2, 0.25) is 0 Å². The Labute approximate surface area is 163 Å². The lowest BCUT2D eigenvalue weighted by atomic mass is 9.78. The molecule has 0 N–H and O–H groups in total. The van der Waals surface area contributed by atoms with Gasteiger partial charge in [-0.15, -0.1) is 0 Å². The standard InChI is InChI=1S/C25H16N2O/c1-15-3-6-17(7-4-15)18-8-10-20-23(12-18)22-11-16(2)5-9-21(22)25(28)24(20)19(13-26)14-27/h3-12H,1-2H3. The lowest BCUT2D eigenvalue weighted by Gasteiger charge is -2.23. The van der Waals surface area contributed by atoms with Crippen LogP contribution >= 0.6 is 0 Å². The number of nitrogens with zero attached hydrogens (tertiary/aromatic N) is 2. The van der Waals surface area contributed by atoms with Gasteiger partial charge >= 0.3 is 0 Å². The fourth-order valence-electron chi connectivity index (χ4n) is 3.63. The highest BCUT2D eigenvalue weighted by molar-refractivity contribution is 6.35. The summed E-state index contributed by atoms with van der Waals surface area (Å²) in [4.78, 5) is 13.1. The van der Waals surface area contributed by atoms with Crippen LogP contribution in [-0.4, -0.2) is 5.78 Å². The molecular weight excluding hydrogens is 344 g/mol. The van der Waals surface area contributed by atoms with Crippen LogP contribution in [0, 0.1) is 36.5 Å². The molecule has 0 radical (unpaired) electrons. The van der Waals surface area contributed by atoms with Crippen molar-refractivity contribution in [3.63, 3.8) is 0 Å². The second kappa shape index (κ2) is 6.65. The van der Waals surface area contributed by atoms with Gasteiger partial charge in [0.1, 0.15) is 17.7 Å². The van der Waals surface area contributed by atoms with Crippen LogP contribution in [-0.2, 0) is 0 Å². The van der Waals surface area contributed by atoms with Crippen LogP contribution in [0.4, 0.5) is 0 Å². The molecule has 0 spiro atoms. The molecule has 0 fully saturated rings. The van der Waals surface area contributed by atoms with Crippen molar-refractivity contribution < 1.29 is 4.79 Å². The monoisotopic (exact) mass is 360 g/mol. The SMILES string of the molecule is Cc1ccc(-c2ccc3c(c2)-c2cc(C)ccc2C(=O)C3=C(C#N)C#N)cc1. The molecule has 0 saturated heterocycles. The number of aryl methyl sites for hydroxylation is 2. The number of hydrogen-bond acceptors (Lipinski definition) is 3. The molecule has 3 nitrogen and oxygen atoms in total. The molecule has 4 rings (SSSR count). The zero-order valence-corrected chi connectivity index (χ0v) is 15.6. The summed E-state index contributed by atoms with van der Waals surface area (Å²) in [6.45, 7) is 4.03. The summed E-state index contributed by atoms with van der Waals surface area (Å²) in [6.07, 6.45) is 0.